The molecule has 10 aromatic carbocycles. The fourth-order valence-corrected chi connectivity index (χ4v) is 25.0. The lowest BCUT2D eigenvalue weighted by Gasteiger charge is -2.48. The third kappa shape index (κ3) is 18.2. The lowest BCUT2D eigenvalue weighted by Crippen LogP contribution is -2.45. The van der Waals surface area contributed by atoms with E-state index in [4.69, 9.17) is 89.6 Å². The molecule has 0 radical (unpaired) electrons. The van der Waals surface area contributed by atoms with E-state index < -0.39 is 112 Å². The standard InChI is InChI=1S/C116H130O22P4/c1-109(2,3)81-53-61(119-25)45-73-74-46-62(120-26)54-82(110(4,5)6)102(74)132-139(131-101(73)81)127-89-41-33-37-69-93(70-38-34-42-90(96(70)99(117)95(69)89)128-140-133-103-75(47-63(121-27)55-83(103)111(7,8)9)76-48-64(122-28)56-84(104(76)134-140)112(10,11)12)94-71-39-35-43-91(129-141-135-105-77(49-65(123-29)57-85(105)113(13,14)15)78-50-66(124-30)58-86(106(78)136-141)114(16,17)18)97(71)100(118)98-72(94)40-36-44-92(98)130-142-137-107-79(51-67(125-31)59-87(107)115(19,20)21)80-52-68(126-32)60-88(108(80)138-142)116(22,23)24/h33-60,69,71,93-95,97H,1-32H3. The molecule has 0 spiro atoms. The van der Waals surface area contributed by atoms with Crippen molar-refractivity contribution in [3.63, 3.8) is 0 Å². The van der Waals surface area contributed by atoms with E-state index in [1.807, 2.05) is 146 Å². The summed E-state index contributed by atoms with van der Waals surface area (Å²) in [6.07, 6.45) is 11.8. The van der Waals surface area contributed by atoms with Crippen molar-refractivity contribution in [1.82, 2.24) is 0 Å². The lowest BCUT2D eigenvalue weighted by molar-refractivity contribution is 0.0783. The van der Waals surface area contributed by atoms with Crippen LogP contribution in [0.5, 0.6) is 57.5 Å². The van der Waals surface area contributed by atoms with Gasteiger partial charge in [0.25, 0.3) is 0 Å². The zero-order valence-corrected chi connectivity index (χ0v) is 91.0. The Hall–Kier alpha value is -12.3. The quantitative estimate of drug-likeness (QED) is 0.0821. The van der Waals surface area contributed by atoms with Crippen LogP contribution < -0.4 is 56.0 Å². The highest BCUT2D eigenvalue weighted by Crippen LogP contribution is 2.63. The molecule has 4 heterocycles. The fraction of sp³-hybridized carbons (Fsp3) is 0.397. The van der Waals surface area contributed by atoms with Gasteiger partial charge < -0.3 is 89.6 Å². The van der Waals surface area contributed by atoms with Gasteiger partial charge in [-0.3, -0.25) is 9.59 Å². The summed E-state index contributed by atoms with van der Waals surface area (Å²) in [5, 5.41) is 5.49. The van der Waals surface area contributed by atoms with Gasteiger partial charge in [0.1, 0.15) is 114 Å². The topological polar surface area (TPSA) is 250 Å². The Morgan fingerprint density at radius 2 is 0.430 bits per heavy atom. The molecular weight excluding hydrogens is 1870 g/mol. The highest BCUT2D eigenvalue weighted by Gasteiger charge is 2.56. The Morgan fingerprint density at radius 3 is 0.606 bits per heavy atom. The van der Waals surface area contributed by atoms with Crippen LogP contribution in [0.1, 0.15) is 254 Å². The van der Waals surface area contributed by atoms with Gasteiger partial charge in [0.15, 0.2) is 11.6 Å². The molecule has 6 unspecified atom stereocenters. The van der Waals surface area contributed by atoms with E-state index in [9.17, 15) is 0 Å². The molecule has 746 valence electrons. The third-order valence-electron chi connectivity index (χ3n) is 27.7. The maximum Gasteiger partial charge on any atom is 0.453 e. The number of fused-ring (bicyclic) bond motifs is 16. The van der Waals surface area contributed by atoms with Crippen LogP contribution >= 0.6 is 33.0 Å². The molecule has 18 rings (SSSR count). The molecule has 6 atom stereocenters. The molecule has 0 bridgehead atoms. The van der Waals surface area contributed by atoms with Crippen LogP contribution in [-0.4, -0.2) is 68.4 Å². The minimum atomic E-state index is -2.61. The maximum atomic E-state index is 17.9. The van der Waals surface area contributed by atoms with E-state index in [0.717, 1.165) is 44.5 Å². The second-order valence-corrected chi connectivity index (χ2v) is 49.6. The van der Waals surface area contributed by atoms with E-state index in [1.54, 1.807) is 69.0 Å². The first-order valence-electron chi connectivity index (χ1n) is 48.1. The first-order valence-corrected chi connectivity index (χ1v) is 52.5. The Bertz CT molecular complexity index is 7030. The summed E-state index contributed by atoms with van der Waals surface area (Å²) in [5.74, 6) is -0.938. The Kier molecular flexibility index (Phi) is 25.7. The van der Waals surface area contributed by atoms with Crippen molar-refractivity contribution in [2.24, 2.45) is 23.7 Å². The number of ether oxygens (including phenoxy) is 8. The molecule has 14 aromatic rings. The molecule has 0 saturated carbocycles. The predicted octanol–water partition coefficient (Wildman–Crippen LogP) is 33.1. The van der Waals surface area contributed by atoms with Gasteiger partial charge in [-0.2, -0.15) is 0 Å². The molecular formula is C116H130O22P4. The second-order valence-electron chi connectivity index (χ2n) is 45.6. The number of ketones is 2. The molecule has 4 aliphatic rings. The fourth-order valence-electron chi connectivity index (χ4n) is 20.5. The van der Waals surface area contributed by atoms with E-state index in [0.29, 0.717) is 145 Å². The summed E-state index contributed by atoms with van der Waals surface area (Å²) in [6, 6.07) is 43.0. The van der Waals surface area contributed by atoms with Gasteiger partial charge in [0, 0.05) is 99.4 Å². The Balaban J connectivity index is 0.938. The Labute approximate surface area is 833 Å². The highest BCUT2D eigenvalue weighted by molar-refractivity contribution is 7.33. The van der Waals surface area contributed by atoms with Gasteiger partial charge in [0.2, 0.25) is 0 Å². The van der Waals surface area contributed by atoms with E-state index in [-0.39, 0.29) is 45.7 Å². The number of benzene rings is 10. The molecule has 4 aromatic heterocycles. The largest absolute Gasteiger partial charge is 0.497 e. The van der Waals surface area contributed by atoms with E-state index in [1.165, 1.54) is 0 Å². The van der Waals surface area contributed by atoms with Crippen LogP contribution in [0.25, 0.3) is 87.8 Å². The molecule has 0 amide bonds. The van der Waals surface area contributed by atoms with Crippen LogP contribution in [0.2, 0.25) is 0 Å². The monoisotopic (exact) mass is 2000 g/mol. The smallest absolute Gasteiger partial charge is 0.453 e. The van der Waals surface area contributed by atoms with Gasteiger partial charge in [-0.25, -0.2) is 0 Å². The molecule has 26 heteroatoms. The lowest BCUT2D eigenvalue weighted by atomic mass is 9.54. The van der Waals surface area contributed by atoms with Gasteiger partial charge in [-0.15, -0.1) is 0 Å². The minimum absolute atomic E-state index is 0.149. The number of methoxy groups -OCH3 is 8. The van der Waals surface area contributed by atoms with E-state index in [2.05, 4.69) is 178 Å². The Morgan fingerprint density at radius 1 is 0.246 bits per heavy atom. The molecule has 4 aliphatic carbocycles. The van der Waals surface area contributed by atoms with Crippen molar-refractivity contribution in [3.8, 4) is 57.5 Å². The minimum Gasteiger partial charge on any atom is -0.497 e. The van der Waals surface area contributed by atoms with Crippen molar-refractivity contribution < 1.29 is 99.2 Å². The number of Topliss-reactive ketones (excluding diaryl/α,β-unsaturated/α-hetero) is 2. The molecule has 142 heavy (non-hydrogen) atoms. The summed E-state index contributed by atoms with van der Waals surface area (Å²) in [5.41, 5.74) is 7.54. The number of rotatable bonds is 17. The van der Waals surface area contributed by atoms with Crippen molar-refractivity contribution in [2.45, 2.75) is 221 Å². The molecule has 0 fully saturated rings. The van der Waals surface area contributed by atoms with Crippen molar-refractivity contribution in [2.75, 3.05) is 56.9 Å². The number of carbonyl (C=O) groups excluding carboxylic acids is 2. The molecule has 0 saturated heterocycles. The predicted molar refractivity (Wildman–Crippen MR) is 568 cm³/mol. The first-order chi connectivity index (χ1) is 66.8. The molecule has 0 aliphatic heterocycles. The third-order valence-corrected chi connectivity index (χ3v) is 31.8. The SMILES string of the molecule is COc1cc(C(C)(C)C)c2op(OC3=CC=CC4C3C(=O)c3c(Op5oc6c(C(C)(C)C)cc(OC)cc6c6cc(OC)cc(C(C)(C)C)c6o5)cccc3C4C3c4cccc(Op5oc6c(C(C)(C)C)cc(OC)cc6c6cc(OC)cc(C(C)(C)C)c6o5)c4C(=O)C4C(Op5oc6c(C(C)(C)C)cc(OC)cc6c6cc(OC)cc(C(C)(C)C)c6o5)=CC=CC43)oc3c(C(C)(C)C)cc(OC)cc3c2c1. The van der Waals surface area contributed by atoms with Crippen LogP contribution in [0.3, 0.4) is 0 Å². The van der Waals surface area contributed by atoms with Gasteiger partial charge >= 0.3 is 33.0 Å². The first kappa shape index (κ1) is 99.8. The number of hydrogen-bond acceptors (Lipinski definition) is 22. The molecule has 22 nitrogen and oxygen atoms in total. The van der Waals surface area contributed by atoms with Gasteiger partial charge in [-0.05, 0) is 188 Å². The maximum absolute atomic E-state index is 17.9. The summed E-state index contributed by atoms with van der Waals surface area (Å²) < 4.78 is 140. The summed E-state index contributed by atoms with van der Waals surface area (Å²) >= 11 is 0. The summed E-state index contributed by atoms with van der Waals surface area (Å²) in [7, 11) is 2.80. The average molecular weight is 2000 g/mol. The second kappa shape index (κ2) is 36.5. The average Bonchev–Trinajstić information content (AvgIpc) is 0.813. The zero-order chi connectivity index (χ0) is 102. The molecule has 0 N–H and O–H groups in total. The van der Waals surface area contributed by atoms with Crippen LogP contribution in [0.4, 0.5) is 0 Å². The summed E-state index contributed by atoms with van der Waals surface area (Å²) in [6.45, 7) is 50.9. The number of allylic oxidation sites excluding steroid dienone is 8. The van der Waals surface area contributed by atoms with Gasteiger partial charge in [-0.1, -0.05) is 215 Å². The number of hydrogen-bond donors (Lipinski definition) is 0. The summed E-state index contributed by atoms with van der Waals surface area (Å²) in [4.78, 5) is 35.9. The van der Waals surface area contributed by atoms with Gasteiger partial charge in [0.05, 0.1) is 79.8 Å². The van der Waals surface area contributed by atoms with Crippen molar-refractivity contribution >= 4 is 132 Å². The van der Waals surface area contributed by atoms with Crippen LogP contribution in [0.15, 0.2) is 215 Å². The normalized spacial score (nSPS) is 17.4. The highest BCUT2D eigenvalue weighted by atomic mass is 31.1. The van der Waals surface area contributed by atoms with Crippen molar-refractivity contribution in [3.05, 3.63) is 248 Å². The van der Waals surface area contributed by atoms with E-state index >= 15 is 9.59 Å². The van der Waals surface area contributed by atoms with Crippen molar-refractivity contribution in [1.29, 1.82) is 0 Å². The van der Waals surface area contributed by atoms with Crippen LogP contribution in [-0.2, 0) is 43.3 Å². The number of carbonyl (C=O) groups is 2. The zero-order valence-electron chi connectivity index (χ0n) is 87.4. The van der Waals surface area contributed by atoms with Crippen LogP contribution in [0, 0.1) is 23.7 Å².